The van der Waals surface area contributed by atoms with Gasteiger partial charge in [0.2, 0.25) is 0 Å². The van der Waals surface area contributed by atoms with Crippen molar-refractivity contribution in [2.45, 2.75) is 0 Å². The number of aromatic carboxylic acids is 1. The van der Waals surface area contributed by atoms with E-state index in [1.165, 1.54) is 30.3 Å². The molecule has 0 radical (unpaired) electrons. The molecule has 2 aromatic carbocycles. The molecule has 0 atom stereocenters. The van der Waals surface area contributed by atoms with E-state index in [4.69, 9.17) is 16.7 Å². The van der Waals surface area contributed by atoms with Gasteiger partial charge in [-0.3, -0.25) is 0 Å². The van der Waals surface area contributed by atoms with Crippen LogP contribution >= 0.6 is 11.6 Å². The molecule has 1 N–H and O–H groups in total. The van der Waals surface area contributed by atoms with E-state index in [1.54, 1.807) is 0 Å². The summed E-state index contributed by atoms with van der Waals surface area (Å²) < 4.78 is 26.7. The smallest absolute Gasteiger partial charge is 0.335 e. The van der Waals surface area contributed by atoms with Gasteiger partial charge in [-0.2, -0.15) is 0 Å². The Morgan fingerprint density at radius 3 is 2.50 bits per heavy atom. The van der Waals surface area contributed by atoms with Crippen molar-refractivity contribution in [3.8, 4) is 11.1 Å². The van der Waals surface area contributed by atoms with Crippen LogP contribution in [0, 0.1) is 11.6 Å². The molecule has 0 heterocycles. The van der Waals surface area contributed by atoms with Crippen LogP contribution in [0.4, 0.5) is 8.78 Å². The van der Waals surface area contributed by atoms with Crippen LogP contribution in [0.25, 0.3) is 11.1 Å². The summed E-state index contributed by atoms with van der Waals surface area (Å²) >= 11 is 5.88. The summed E-state index contributed by atoms with van der Waals surface area (Å²) in [6.07, 6.45) is 0. The monoisotopic (exact) mass is 268 g/mol. The molecule has 5 heteroatoms. The van der Waals surface area contributed by atoms with Crippen molar-refractivity contribution < 1.29 is 18.7 Å². The number of carbonyl (C=O) groups is 1. The lowest BCUT2D eigenvalue weighted by molar-refractivity contribution is 0.0697. The van der Waals surface area contributed by atoms with E-state index < -0.39 is 17.6 Å². The largest absolute Gasteiger partial charge is 0.478 e. The van der Waals surface area contributed by atoms with Gasteiger partial charge in [0, 0.05) is 16.1 Å². The van der Waals surface area contributed by atoms with Crippen LogP contribution in [-0.2, 0) is 0 Å². The average Bonchev–Trinajstić information content (AvgIpc) is 2.33. The van der Waals surface area contributed by atoms with Gasteiger partial charge in [-0.25, -0.2) is 13.6 Å². The van der Waals surface area contributed by atoms with E-state index in [2.05, 4.69) is 0 Å². The van der Waals surface area contributed by atoms with Crippen molar-refractivity contribution in [3.05, 3.63) is 58.6 Å². The second kappa shape index (κ2) is 4.74. The first-order valence-corrected chi connectivity index (χ1v) is 5.35. The molecule has 2 rings (SSSR count). The van der Waals surface area contributed by atoms with E-state index in [0.29, 0.717) is 0 Å². The maximum atomic E-state index is 13.6. The number of benzene rings is 2. The van der Waals surface area contributed by atoms with Crippen molar-refractivity contribution in [1.29, 1.82) is 0 Å². The summed E-state index contributed by atoms with van der Waals surface area (Å²) in [6, 6.07) is 7.50. The molecule has 0 aromatic heterocycles. The van der Waals surface area contributed by atoms with Crippen molar-refractivity contribution in [3.63, 3.8) is 0 Å². The third kappa shape index (κ3) is 2.19. The normalized spacial score (nSPS) is 10.4. The summed E-state index contributed by atoms with van der Waals surface area (Å²) in [4.78, 5) is 10.8. The second-order valence-electron chi connectivity index (χ2n) is 3.60. The molecule has 0 aliphatic rings. The Morgan fingerprint density at radius 1 is 1.11 bits per heavy atom. The lowest BCUT2D eigenvalue weighted by Gasteiger charge is -2.07. The van der Waals surface area contributed by atoms with E-state index >= 15 is 0 Å². The van der Waals surface area contributed by atoms with Crippen LogP contribution in [0.5, 0.6) is 0 Å². The van der Waals surface area contributed by atoms with Gasteiger partial charge in [-0.05, 0) is 24.3 Å². The molecule has 0 aliphatic carbocycles. The molecule has 2 aromatic rings. The summed E-state index contributed by atoms with van der Waals surface area (Å²) in [5.41, 5.74) is 0.0368. The third-order valence-corrected chi connectivity index (χ3v) is 2.78. The SMILES string of the molecule is O=C(O)c1ccc(Cl)c(-c2cccc(F)c2F)c1. The van der Waals surface area contributed by atoms with Gasteiger partial charge in [0.15, 0.2) is 11.6 Å². The standard InChI is InChI=1S/C13H7ClF2O2/c14-10-5-4-7(13(17)18)6-9(10)8-2-1-3-11(15)12(8)16/h1-6H,(H,17,18). The Morgan fingerprint density at radius 2 is 1.83 bits per heavy atom. The second-order valence-corrected chi connectivity index (χ2v) is 4.01. The highest BCUT2D eigenvalue weighted by Gasteiger charge is 2.14. The highest BCUT2D eigenvalue weighted by molar-refractivity contribution is 6.33. The molecule has 0 saturated heterocycles. The van der Waals surface area contributed by atoms with Crippen LogP contribution in [0.15, 0.2) is 36.4 Å². The quantitative estimate of drug-likeness (QED) is 0.894. The van der Waals surface area contributed by atoms with E-state index in [0.717, 1.165) is 6.07 Å². The molecular weight excluding hydrogens is 262 g/mol. The van der Waals surface area contributed by atoms with Gasteiger partial charge in [0.25, 0.3) is 0 Å². The van der Waals surface area contributed by atoms with Crippen molar-refractivity contribution in [2.75, 3.05) is 0 Å². The maximum absolute atomic E-state index is 13.6. The lowest BCUT2D eigenvalue weighted by atomic mass is 10.0. The first kappa shape index (κ1) is 12.5. The van der Waals surface area contributed by atoms with Crippen LogP contribution in [0.3, 0.4) is 0 Å². The first-order valence-electron chi connectivity index (χ1n) is 4.98. The van der Waals surface area contributed by atoms with Crippen LogP contribution in [0.2, 0.25) is 5.02 Å². The minimum Gasteiger partial charge on any atom is -0.478 e. The van der Waals surface area contributed by atoms with Crippen LogP contribution in [0.1, 0.15) is 10.4 Å². The van der Waals surface area contributed by atoms with E-state index in [9.17, 15) is 13.6 Å². The van der Waals surface area contributed by atoms with Gasteiger partial charge < -0.3 is 5.11 Å². The Balaban J connectivity index is 2.66. The predicted molar refractivity (Wildman–Crippen MR) is 63.8 cm³/mol. The fourth-order valence-electron chi connectivity index (χ4n) is 1.58. The van der Waals surface area contributed by atoms with Gasteiger partial charge >= 0.3 is 5.97 Å². The Hall–Kier alpha value is -1.94. The molecule has 0 bridgehead atoms. The number of rotatable bonds is 2. The molecular formula is C13H7ClF2O2. The van der Waals surface area contributed by atoms with Gasteiger partial charge in [0.1, 0.15) is 0 Å². The topological polar surface area (TPSA) is 37.3 Å². The first-order chi connectivity index (χ1) is 8.50. The van der Waals surface area contributed by atoms with Gasteiger partial charge in [-0.15, -0.1) is 0 Å². The fraction of sp³-hybridized carbons (Fsp3) is 0. The zero-order valence-corrected chi connectivity index (χ0v) is 9.71. The minimum absolute atomic E-state index is 0.0435. The van der Waals surface area contributed by atoms with Crippen molar-refractivity contribution >= 4 is 17.6 Å². The molecule has 0 unspecified atom stereocenters. The number of carboxylic acids is 1. The van der Waals surface area contributed by atoms with Crippen molar-refractivity contribution in [1.82, 2.24) is 0 Å². The molecule has 92 valence electrons. The fourth-order valence-corrected chi connectivity index (χ4v) is 1.80. The lowest BCUT2D eigenvalue weighted by Crippen LogP contribution is -1.97. The third-order valence-electron chi connectivity index (χ3n) is 2.46. The number of hydrogen-bond acceptors (Lipinski definition) is 1. The summed E-state index contributed by atoms with van der Waals surface area (Å²) in [7, 11) is 0. The summed E-state index contributed by atoms with van der Waals surface area (Å²) in [6.45, 7) is 0. The average molecular weight is 269 g/mol. The molecule has 0 aliphatic heterocycles. The maximum Gasteiger partial charge on any atom is 0.335 e. The number of carboxylic acid groups (broad SMARTS) is 1. The van der Waals surface area contributed by atoms with Crippen LogP contribution < -0.4 is 0 Å². The van der Waals surface area contributed by atoms with E-state index in [-0.39, 0.29) is 21.7 Å². The van der Waals surface area contributed by atoms with Crippen molar-refractivity contribution in [2.24, 2.45) is 0 Å². The molecule has 0 amide bonds. The van der Waals surface area contributed by atoms with Crippen LogP contribution in [-0.4, -0.2) is 11.1 Å². The Labute approximate surface area is 106 Å². The molecule has 2 nitrogen and oxygen atoms in total. The highest BCUT2D eigenvalue weighted by atomic mass is 35.5. The molecule has 18 heavy (non-hydrogen) atoms. The number of hydrogen-bond donors (Lipinski definition) is 1. The highest BCUT2D eigenvalue weighted by Crippen LogP contribution is 2.31. The molecule has 0 saturated carbocycles. The molecule has 0 spiro atoms. The van der Waals surface area contributed by atoms with E-state index in [1.807, 2.05) is 0 Å². The predicted octanol–water partition coefficient (Wildman–Crippen LogP) is 3.98. The minimum atomic E-state index is -1.16. The van der Waals surface area contributed by atoms with Gasteiger partial charge in [-0.1, -0.05) is 23.7 Å². The Kier molecular flexibility index (Phi) is 3.30. The molecule has 0 fully saturated rings. The summed E-state index contributed by atoms with van der Waals surface area (Å²) in [5, 5.41) is 9.02. The Bertz CT molecular complexity index is 626. The number of halogens is 3. The summed E-state index contributed by atoms with van der Waals surface area (Å²) in [5.74, 6) is -3.23. The zero-order valence-electron chi connectivity index (χ0n) is 8.95. The van der Waals surface area contributed by atoms with Gasteiger partial charge in [0.05, 0.1) is 5.56 Å². The zero-order chi connectivity index (χ0) is 13.3.